The highest BCUT2D eigenvalue weighted by atomic mass is 14.9. The van der Waals surface area contributed by atoms with E-state index in [1.54, 1.807) is 0 Å². The molecule has 0 aliphatic heterocycles. The lowest BCUT2D eigenvalue weighted by Gasteiger charge is -2.03. The van der Waals surface area contributed by atoms with Crippen LogP contribution in [-0.2, 0) is 0 Å². The summed E-state index contributed by atoms with van der Waals surface area (Å²) in [5.74, 6) is 0.793. The smallest absolute Gasteiger partial charge is 0.135 e. The largest absolute Gasteiger partial charge is 0.384 e. The van der Waals surface area contributed by atoms with E-state index in [9.17, 15) is 0 Å². The highest BCUT2D eigenvalue weighted by Crippen LogP contribution is 2.00. The van der Waals surface area contributed by atoms with Crippen LogP contribution in [0.15, 0.2) is 17.4 Å². The zero-order chi connectivity index (χ0) is 8.15. The second kappa shape index (κ2) is 4.15. The van der Waals surface area contributed by atoms with E-state index in [0.717, 1.165) is 6.42 Å². The van der Waals surface area contributed by atoms with Gasteiger partial charge < -0.3 is 5.73 Å². The van der Waals surface area contributed by atoms with Crippen LogP contribution in [0.3, 0.4) is 0 Å². The lowest BCUT2D eigenvalue weighted by Crippen LogP contribution is -2.05. The molecule has 2 nitrogen and oxygen atoms in total. The van der Waals surface area contributed by atoms with Crippen LogP contribution in [0.1, 0.15) is 20.3 Å². The highest BCUT2D eigenvalue weighted by molar-refractivity contribution is 6.59. The molecular formula is C7H13BN2. The van der Waals surface area contributed by atoms with Crippen LogP contribution >= 0.6 is 0 Å². The van der Waals surface area contributed by atoms with Crippen molar-refractivity contribution in [3.8, 4) is 0 Å². The summed E-state index contributed by atoms with van der Waals surface area (Å²) in [5, 5.41) is 0. The number of hydrogen-bond donors (Lipinski definition) is 1. The van der Waals surface area contributed by atoms with Crippen molar-refractivity contribution in [2.75, 3.05) is 0 Å². The Morgan fingerprint density at radius 3 is 2.50 bits per heavy atom. The fourth-order valence-electron chi connectivity index (χ4n) is 0.648. The van der Waals surface area contributed by atoms with Gasteiger partial charge in [-0.1, -0.05) is 20.4 Å². The van der Waals surface area contributed by atoms with Gasteiger partial charge in [0, 0.05) is 0 Å². The van der Waals surface area contributed by atoms with E-state index < -0.39 is 0 Å². The summed E-state index contributed by atoms with van der Waals surface area (Å²) in [6.45, 7) is 7.55. The van der Waals surface area contributed by atoms with Crippen LogP contribution in [0.5, 0.6) is 0 Å². The third-order valence-electron chi connectivity index (χ3n) is 0.905. The first-order valence-electron chi connectivity index (χ1n) is 3.29. The highest BCUT2D eigenvalue weighted by Gasteiger charge is 1.95. The summed E-state index contributed by atoms with van der Waals surface area (Å²) >= 11 is 0. The average molecular weight is 136 g/mol. The fraction of sp³-hybridized carbons (Fsp3) is 0.571. The molecule has 0 fully saturated rings. The molecule has 0 rings (SSSR count). The molecule has 0 amide bonds. The first-order chi connectivity index (χ1) is 4.52. The molecule has 0 atom stereocenters. The Hall–Kier alpha value is -0.725. The molecule has 0 unspecified atom stereocenters. The molecule has 54 valence electrons. The molecule has 10 heavy (non-hydrogen) atoms. The molecule has 2 N–H and O–H groups in total. The Balaban J connectivity index is 3.83. The summed E-state index contributed by atoms with van der Waals surface area (Å²) in [6, 6.07) is 0. The Morgan fingerprint density at radius 2 is 2.20 bits per heavy atom. The van der Waals surface area contributed by atoms with E-state index in [1.165, 1.54) is 0 Å². The van der Waals surface area contributed by atoms with Gasteiger partial charge in [-0.15, -0.1) is 0 Å². The zero-order valence-electron chi connectivity index (χ0n) is 6.59. The SMILES string of the molecule is [B]C(CC(C)C)=NC(=C)N. The molecule has 0 bridgehead atoms. The van der Waals surface area contributed by atoms with Crippen molar-refractivity contribution in [3.05, 3.63) is 12.4 Å². The molecule has 0 spiro atoms. The van der Waals surface area contributed by atoms with Gasteiger partial charge in [-0.05, 0) is 17.9 Å². The maximum atomic E-state index is 5.48. The summed E-state index contributed by atoms with van der Waals surface area (Å²) in [6.07, 6.45) is 0.774. The van der Waals surface area contributed by atoms with E-state index in [2.05, 4.69) is 25.4 Å². The average Bonchev–Trinajstić information content (AvgIpc) is 1.58. The van der Waals surface area contributed by atoms with Gasteiger partial charge in [0.05, 0.1) is 0 Å². The summed E-state index contributed by atoms with van der Waals surface area (Å²) in [4.78, 5) is 3.80. The van der Waals surface area contributed by atoms with Gasteiger partial charge in [-0.25, -0.2) is 0 Å². The van der Waals surface area contributed by atoms with Crippen molar-refractivity contribution in [3.63, 3.8) is 0 Å². The Morgan fingerprint density at radius 1 is 1.70 bits per heavy atom. The summed E-state index contributed by atoms with van der Waals surface area (Å²) in [7, 11) is 5.48. The van der Waals surface area contributed by atoms with Gasteiger partial charge in [0.1, 0.15) is 13.7 Å². The second-order valence-corrected chi connectivity index (χ2v) is 2.69. The van der Waals surface area contributed by atoms with Gasteiger partial charge >= 0.3 is 0 Å². The number of aliphatic imine (C=N–C) groups is 1. The summed E-state index contributed by atoms with van der Waals surface area (Å²) in [5.41, 5.74) is 5.76. The lowest BCUT2D eigenvalue weighted by atomic mass is 9.92. The van der Waals surface area contributed by atoms with Gasteiger partial charge in [-0.2, -0.15) is 0 Å². The topological polar surface area (TPSA) is 38.4 Å². The minimum atomic E-state index is 0.276. The summed E-state index contributed by atoms with van der Waals surface area (Å²) < 4.78 is 0. The third-order valence-corrected chi connectivity index (χ3v) is 0.905. The van der Waals surface area contributed by atoms with Crippen molar-refractivity contribution < 1.29 is 0 Å². The molecule has 0 aromatic carbocycles. The lowest BCUT2D eigenvalue weighted by molar-refractivity contribution is 0.687. The van der Waals surface area contributed by atoms with E-state index in [1.807, 2.05) is 0 Å². The van der Waals surface area contributed by atoms with Crippen molar-refractivity contribution >= 4 is 13.5 Å². The molecule has 0 heterocycles. The fourth-order valence-corrected chi connectivity index (χ4v) is 0.648. The molecule has 0 aromatic rings. The van der Waals surface area contributed by atoms with Crippen LogP contribution in [-0.4, -0.2) is 13.5 Å². The monoisotopic (exact) mass is 136 g/mol. The molecule has 0 saturated heterocycles. The predicted octanol–water partition coefficient (Wildman–Crippen LogP) is 1.03. The Kier molecular flexibility index (Phi) is 3.85. The van der Waals surface area contributed by atoms with Crippen molar-refractivity contribution in [1.29, 1.82) is 0 Å². The normalized spacial score (nSPS) is 12.1. The van der Waals surface area contributed by atoms with Gasteiger partial charge in [0.2, 0.25) is 0 Å². The van der Waals surface area contributed by atoms with Gasteiger partial charge in [0.15, 0.2) is 0 Å². The second-order valence-electron chi connectivity index (χ2n) is 2.69. The van der Waals surface area contributed by atoms with Gasteiger partial charge in [0.25, 0.3) is 0 Å². The molecule has 0 saturated carbocycles. The maximum absolute atomic E-state index is 5.48. The van der Waals surface area contributed by atoms with E-state index in [4.69, 9.17) is 13.6 Å². The van der Waals surface area contributed by atoms with Crippen molar-refractivity contribution in [2.24, 2.45) is 16.6 Å². The van der Waals surface area contributed by atoms with E-state index >= 15 is 0 Å². The zero-order valence-corrected chi connectivity index (χ0v) is 6.59. The maximum Gasteiger partial charge on any atom is 0.135 e. The Labute approximate surface area is 63.6 Å². The van der Waals surface area contributed by atoms with Crippen LogP contribution < -0.4 is 5.73 Å². The standard InChI is InChI=1S/C7H13BN2/c1-5(2)4-7(8)10-6(3)9/h5H,3-4,9H2,1-2H3. The van der Waals surface area contributed by atoms with Crippen LogP contribution in [0, 0.1) is 5.92 Å². The van der Waals surface area contributed by atoms with Crippen LogP contribution in [0.2, 0.25) is 0 Å². The molecule has 2 radical (unpaired) electrons. The molecule has 0 aliphatic carbocycles. The quantitative estimate of drug-likeness (QED) is 0.456. The minimum absolute atomic E-state index is 0.276. The van der Waals surface area contributed by atoms with Crippen molar-refractivity contribution in [1.82, 2.24) is 0 Å². The number of hydrogen-bond acceptors (Lipinski definition) is 2. The molecule has 0 aromatic heterocycles. The first-order valence-corrected chi connectivity index (χ1v) is 3.29. The molecular weight excluding hydrogens is 123 g/mol. The van der Waals surface area contributed by atoms with Crippen LogP contribution in [0.25, 0.3) is 0 Å². The molecule has 3 heteroatoms. The molecule has 0 aliphatic rings. The predicted molar refractivity (Wildman–Crippen MR) is 46.0 cm³/mol. The van der Waals surface area contributed by atoms with Gasteiger partial charge in [-0.3, -0.25) is 4.99 Å². The Bertz CT molecular complexity index is 150. The number of nitrogens with zero attached hydrogens (tertiary/aromatic N) is 1. The van der Waals surface area contributed by atoms with Crippen molar-refractivity contribution in [2.45, 2.75) is 20.3 Å². The number of nitrogens with two attached hydrogens (primary N) is 1. The van der Waals surface area contributed by atoms with Crippen LogP contribution in [0.4, 0.5) is 0 Å². The third kappa shape index (κ3) is 5.41. The van der Waals surface area contributed by atoms with E-state index in [0.29, 0.717) is 11.5 Å². The number of rotatable bonds is 3. The van der Waals surface area contributed by atoms with E-state index in [-0.39, 0.29) is 5.82 Å². The minimum Gasteiger partial charge on any atom is -0.384 e. The first kappa shape index (κ1) is 9.27.